The number of carboxylic acids is 1. The van der Waals surface area contributed by atoms with Crippen LogP contribution in [0.3, 0.4) is 0 Å². The number of urea groups is 1. The molecule has 1 aliphatic rings. The van der Waals surface area contributed by atoms with Gasteiger partial charge in [0.25, 0.3) is 0 Å². The molecule has 1 fully saturated rings. The van der Waals surface area contributed by atoms with Crippen LogP contribution < -0.4 is 10.6 Å². The number of aliphatic carboxylic acids is 1. The zero-order chi connectivity index (χ0) is 15.8. The summed E-state index contributed by atoms with van der Waals surface area (Å²) in [6.07, 6.45) is 3.41. The number of nitrogens with zero attached hydrogens (tertiary/aromatic N) is 1. The molecule has 7 nitrogen and oxygen atoms in total. The molecule has 0 bridgehead atoms. The third-order valence-corrected chi connectivity index (χ3v) is 4.05. The Bertz CT molecular complexity index is 386. The molecule has 3 N–H and O–H groups in total. The lowest BCUT2D eigenvalue weighted by Gasteiger charge is -2.28. The lowest BCUT2D eigenvalue weighted by Crippen LogP contribution is -2.45. The number of amides is 3. The minimum absolute atomic E-state index is 0.0315. The monoisotopic (exact) mass is 299 g/mol. The van der Waals surface area contributed by atoms with Gasteiger partial charge in [-0.25, -0.2) is 4.79 Å². The van der Waals surface area contributed by atoms with Crippen LogP contribution in [-0.2, 0) is 9.59 Å². The maximum absolute atomic E-state index is 11.6. The molecular weight excluding hydrogens is 274 g/mol. The number of likely N-dealkylation sites (N-methyl/N-ethyl adjacent to an activating group) is 1. The fourth-order valence-corrected chi connectivity index (χ4v) is 2.53. The Morgan fingerprint density at radius 1 is 1.19 bits per heavy atom. The van der Waals surface area contributed by atoms with E-state index in [4.69, 9.17) is 5.11 Å². The first-order valence-electron chi connectivity index (χ1n) is 7.44. The van der Waals surface area contributed by atoms with Crippen molar-refractivity contribution in [2.75, 3.05) is 26.7 Å². The van der Waals surface area contributed by atoms with Gasteiger partial charge in [0.05, 0.1) is 12.5 Å². The Morgan fingerprint density at radius 3 is 2.48 bits per heavy atom. The fraction of sp³-hybridized carbons (Fsp3) is 0.786. The summed E-state index contributed by atoms with van der Waals surface area (Å²) in [6, 6.07) is -0.428. The van der Waals surface area contributed by atoms with Crippen molar-refractivity contribution in [3.8, 4) is 0 Å². The fourth-order valence-electron chi connectivity index (χ4n) is 2.53. The summed E-state index contributed by atoms with van der Waals surface area (Å²) in [6.45, 7) is 2.72. The van der Waals surface area contributed by atoms with Crippen LogP contribution in [0.5, 0.6) is 0 Å². The van der Waals surface area contributed by atoms with Crippen LogP contribution in [0.25, 0.3) is 0 Å². The second kappa shape index (κ2) is 8.49. The van der Waals surface area contributed by atoms with Crippen molar-refractivity contribution >= 4 is 17.9 Å². The van der Waals surface area contributed by atoms with Gasteiger partial charge in [-0.15, -0.1) is 0 Å². The number of hydrogen-bond acceptors (Lipinski definition) is 3. The summed E-state index contributed by atoms with van der Waals surface area (Å²) in [5, 5.41) is 14.3. The molecule has 120 valence electrons. The number of carbonyl (C=O) groups excluding carboxylic acids is 2. The van der Waals surface area contributed by atoms with Crippen LogP contribution >= 0.6 is 0 Å². The molecule has 2 atom stereocenters. The summed E-state index contributed by atoms with van der Waals surface area (Å²) >= 11 is 0. The molecule has 21 heavy (non-hydrogen) atoms. The van der Waals surface area contributed by atoms with Crippen molar-refractivity contribution in [3.05, 3.63) is 0 Å². The van der Waals surface area contributed by atoms with Gasteiger partial charge in [-0.2, -0.15) is 0 Å². The SMILES string of the molecule is CCN(C)C(=O)CNC(=O)NCC1CCCCC1C(=O)O. The van der Waals surface area contributed by atoms with Crippen molar-refractivity contribution in [2.24, 2.45) is 11.8 Å². The quantitative estimate of drug-likeness (QED) is 0.671. The van der Waals surface area contributed by atoms with Crippen LogP contribution in [0.1, 0.15) is 32.6 Å². The molecule has 0 spiro atoms. The van der Waals surface area contributed by atoms with E-state index in [2.05, 4.69) is 10.6 Å². The maximum atomic E-state index is 11.6. The Hall–Kier alpha value is -1.79. The van der Waals surface area contributed by atoms with Crippen molar-refractivity contribution in [3.63, 3.8) is 0 Å². The van der Waals surface area contributed by atoms with Crippen LogP contribution in [0, 0.1) is 11.8 Å². The largest absolute Gasteiger partial charge is 0.481 e. The predicted molar refractivity (Wildman–Crippen MR) is 77.8 cm³/mol. The van der Waals surface area contributed by atoms with Gasteiger partial charge in [0.2, 0.25) is 5.91 Å². The topological polar surface area (TPSA) is 98.7 Å². The number of carboxylic acid groups (broad SMARTS) is 1. The minimum Gasteiger partial charge on any atom is -0.481 e. The van der Waals surface area contributed by atoms with E-state index in [0.717, 1.165) is 19.3 Å². The van der Waals surface area contributed by atoms with Crippen molar-refractivity contribution in [1.82, 2.24) is 15.5 Å². The molecule has 0 radical (unpaired) electrons. The maximum Gasteiger partial charge on any atom is 0.315 e. The zero-order valence-electron chi connectivity index (χ0n) is 12.7. The van der Waals surface area contributed by atoms with E-state index in [1.54, 1.807) is 7.05 Å². The highest BCUT2D eigenvalue weighted by molar-refractivity contribution is 5.83. The average Bonchev–Trinajstić information content (AvgIpc) is 2.49. The molecule has 0 aromatic carbocycles. The van der Waals surface area contributed by atoms with Gasteiger partial charge in [0.1, 0.15) is 0 Å². The third kappa shape index (κ3) is 5.61. The highest BCUT2D eigenvalue weighted by atomic mass is 16.4. The van der Waals surface area contributed by atoms with Crippen LogP contribution in [0.2, 0.25) is 0 Å². The smallest absolute Gasteiger partial charge is 0.315 e. The lowest BCUT2D eigenvalue weighted by atomic mass is 9.79. The molecule has 0 heterocycles. The number of carbonyl (C=O) groups is 3. The predicted octanol–water partition coefficient (Wildman–Crippen LogP) is 0.655. The summed E-state index contributed by atoms with van der Waals surface area (Å²) in [5.41, 5.74) is 0. The number of nitrogens with one attached hydrogen (secondary N) is 2. The second-order valence-corrected chi connectivity index (χ2v) is 5.46. The van der Waals surface area contributed by atoms with Crippen molar-refractivity contribution in [1.29, 1.82) is 0 Å². The van der Waals surface area contributed by atoms with Crippen LogP contribution in [-0.4, -0.2) is 54.6 Å². The summed E-state index contributed by atoms with van der Waals surface area (Å²) in [5.74, 6) is -1.36. The zero-order valence-corrected chi connectivity index (χ0v) is 12.7. The van der Waals surface area contributed by atoms with E-state index >= 15 is 0 Å². The van der Waals surface area contributed by atoms with E-state index in [9.17, 15) is 14.4 Å². The molecule has 3 amide bonds. The highest BCUT2D eigenvalue weighted by Crippen LogP contribution is 2.29. The Morgan fingerprint density at radius 2 is 1.86 bits per heavy atom. The normalized spacial score (nSPS) is 21.4. The van der Waals surface area contributed by atoms with Gasteiger partial charge in [-0.3, -0.25) is 9.59 Å². The standard InChI is InChI=1S/C14H25N3O4/c1-3-17(2)12(18)9-16-14(21)15-8-10-6-4-5-7-11(10)13(19)20/h10-11H,3-9H2,1-2H3,(H,19,20)(H2,15,16,21). The summed E-state index contributed by atoms with van der Waals surface area (Å²) in [4.78, 5) is 35.8. The molecule has 2 unspecified atom stereocenters. The first-order chi connectivity index (χ1) is 9.95. The minimum atomic E-state index is -0.790. The van der Waals surface area contributed by atoms with Crippen LogP contribution in [0.15, 0.2) is 0 Å². The molecule has 1 saturated carbocycles. The lowest BCUT2D eigenvalue weighted by molar-refractivity contribution is -0.144. The van der Waals surface area contributed by atoms with Crippen molar-refractivity contribution < 1.29 is 19.5 Å². The molecule has 0 saturated heterocycles. The molecule has 1 aliphatic carbocycles. The van der Waals surface area contributed by atoms with Crippen molar-refractivity contribution in [2.45, 2.75) is 32.6 Å². The number of hydrogen-bond donors (Lipinski definition) is 3. The van der Waals surface area contributed by atoms with E-state index in [0.29, 0.717) is 19.5 Å². The van der Waals surface area contributed by atoms with Gasteiger partial charge in [0, 0.05) is 20.1 Å². The first-order valence-corrected chi connectivity index (χ1v) is 7.44. The van der Waals surface area contributed by atoms with Crippen LogP contribution in [0.4, 0.5) is 4.79 Å². The molecular formula is C14H25N3O4. The second-order valence-electron chi connectivity index (χ2n) is 5.46. The molecule has 7 heteroatoms. The Labute approximate surface area is 125 Å². The molecule has 0 aromatic rings. The van der Waals surface area contributed by atoms with E-state index in [-0.39, 0.29) is 24.3 Å². The summed E-state index contributed by atoms with van der Waals surface area (Å²) in [7, 11) is 1.67. The average molecular weight is 299 g/mol. The van der Waals surface area contributed by atoms with E-state index in [1.807, 2.05) is 6.92 Å². The van der Waals surface area contributed by atoms with Gasteiger partial charge in [-0.1, -0.05) is 12.8 Å². The first kappa shape index (κ1) is 17.3. The highest BCUT2D eigenvalue weighted by Gasteiger charge is 2.30. The van der Waals surface area contributed by atoms with Gasteiger partial charge >= 0.3 is 12.0 Å². The Balaban J connectivity index is 2.31. The Kier molecular flexibility index (Phi) is 6.98. The van der Waals surface area contributed by atoms with E-state index in [1.165, 1.54) is 4.90 Å². The molecule has 0 aliphatic heterocycles. The van der Waals surface area contributed by atoms with Gasteiger partial charge < -0.3 is 20.6 Å². The molecule has 0 aromatic heterocycles. The molecule has 1 rings (SSSR count). The van der Waals surface area contributed by atoms with Gasteiger partial charge in [-0.05, 0) is 25.7 Å². The summed E-state index contributed by atoms with van der Waals surface area (Å²) < 4.78 is 0. The van der Waals surface area contributed by atoms with E-state index < -0.39 is 12.0 Å². The number of rotatable bonds is 6. The van der Waals surface area contributed by atoms with Gasteiger partial charge in [0.15, 0.2) is 0 Å². The third-order valence-electron chi connectivity index (χ3n) is 4.05.